The van der Waals surface area contributed by atoms with Gasteiger partial charge in [-0.25, -0.2) is 0 Å². The zero-order chi connectivity index (χ0) is 17.3. The molecule has 24 heavy (non-hydrogen) atoms. The molecule has 1 aromatic heterocycles. The summed E-state index contributed by atoms with van der Waals surface area (Å²) in [6.07, 6.45) is 0. The second-order valence-corrected chi connectivity index (χ2v) is 8.01. The Morgan fingerprint density at radius 2 is 1.79 bits per heavy atom. The van der Waals surface area contributed by atoms with Gasteiger partial charge in [0.25, 0.3) is 5.91 Å². The Labute approximate surface area is 150 Å². The summed E-state index contributed by atoms with van der Waals surface area (Å²) in [5.74, 6) is 0.256. The summed E-state index contributed by atoms with van der Waals surface area (Å²) in [5.41, 5.74) is 4.86. The molecule has 0 aliphatic carbocycles. The number of nitrogens with zero attached hydrogens (tertiary/aromatic N) is 2. The fourth-order valence-corrected chi connectivity index (χ4v) is 4.20. The summed E-state index contributed by atoms with van der Waals surface area (Å²) >= 11 is 3.09. The van der Waals surface area contributed by atoms with Crippen LogP contribution < -0.4 is 4.80 Å². The number of aromatic nitrogens is 1. The van der Waals surface area contributed by atoms with E-state index in [1.807, 2.05) is 23.7 Å². The monoisotopic (exact) mass is 356 g/mol. The van der Waals surface area contributed by atoms with Crippen molar-refractivity contribution in [1.29, 1.82) is 0 Å². The molecule has 0 spiro atoms. The lowest BCUT2D eigenvalue weighted by Gasteiger charge is -2.01. The number of rotatable bonds is 3. The van der Waals surface area contributed by atoms with E-state index in [1.165, 1.54) is 33.2 Å². The fourth-order valence-electron chi connectivity index (χ4n) is 2.40. The smallest absolute Gasteiger partial charge is 0.258 e. The van der Waals surface area contributed by atoms with E-state index in [0.29, 0.717) is 5.75 Å². The van der Waals surface area contributed by atoms with Gasteiger partial charge in [0.15, 0.2) is 4.80 Å². The van der Waals surface area contributed by atoms with Gasteiger partial charge in [-0.05, 0) is 56.2 Å². The number of carbonyl (C=O) groups is 1. The van der Waals surface area contributed by atoms with Crippen molar-refractivity contribution in [3.63, 3.8) is 0 Å². The fraction of sp³-hybridized carbons (Fsp3) is 0.263. The van der Waals surface area contributed by atoms with Gasteiger partial charge in [0.2, 0.25) is 0 Å². The minimum absolute atomic E-state index is 0.101. The van der Waals surface area contributed by atoms with Crippen LogP contribution in [0.3, 0.4) is 0 Å². The molecule has 0 unspecified atom stereocenters. The van der Waals surface area contributed by atoms with Gasteiger partial charge in [0.1, 0.15) is 0 Å². The predicted molar refractivity (Wildman–Crippen MR) is 103 cm³/mol. The van der Waals surface area contributed by atoms with Crippen molar-refractivity contribution in [2.75, 3.05) is 5.75 Å². The molecular weight excluding hydrogens is 336 g/mol. The van der Waals surface area contributed by atoms with Gasteiger partial charge in [0, 0.05) is 11.9 Å². The van der Waals surface area contributed by atoms with Crippen LogP contribution in [0, 0.1) is 20.8 Å². The molecule has 0 saturated carbocycles. The molecule has 1 amide bonds. The maximum Gasteiger partial charge on any atom is 0.258 e. The van der Waals surface area contributed by atoms with Gasteiger partial charge in [-0.2, -0.15) is 4.99 Å². The lowest BCUT2D eigenvalue weighted by molar-refractivity contribution is -0.115. The van der Waals surface area contributed by atoms with Crippen LogP contribution in [0.2, 0.25) is 0 Å². The van der Waals surface area contributed by atoms with Gasteiger partial charge in [0.05, 0.1) is 16.0 Å². The number of fused-ring (bicyclic) bond motifs is 1. The summed E-state index contributed by atoms with van der Waals surface area (Å²) < 4.78 is 3.17. The number of aryl methyl sites for hydroxylation is 4. The van der Waals surface area contributed by atoms with Gasteiger partial charge in [-0.3, -0.25) is 4.79 Å². The Bertz CT molecular complexity index is 965. The minimum atomic E-state index is -0.101. The Hall–Kier alpha value is -1.85. The third-order valence-electron chi connectivity index (χ3n) is 4.03. The molecule has 1 heterocycles. The Kier molecular flexibility index (Phi) is 4.92. The van der Waals surface area contributed by atoms with E-state index < -0.39 is 0 Å². The SMILES string of the molecule is Cc1ccc(SCC(=O)N=c2sc3cc(C)c(C)cc3n2C)cc1. The second kappa shape index (κ2) is 6.95. The van der Waals surface area contributed by atoms with E-state index in [9.17, 15) is 4.79 Å². The van der Waals surface area contributed by atoms with E-state index >= 15 is 0 Å². The lowest BCUT2D eigenvalue weighted by Crippen LogP contribution is -2.14. The van der Waals surface area contributed by atoms with Crippen LogP contribution in [0.5, 0.6) is 0 Å². The standard InChI is InChI=1S/C19H20N2OS2/c1-12-5-7-15(8-6-12)23-11-18(22)20-19-21(4)16-9-13(2)14(3)10-17(16)24-19/h5-10H,11H2,1-4H3. The van der Waals surface area contributed by atoms with Crippen molar-refractivity contribution in [2.45, 2.75) is 25.7 Å². The zero-order valence-corrected chi connectivity index (χ0v) is 15.9. The van der Waals surface area contributed by atoms with Crippen LogP contribution in [0.25, 0.3) is 10.2 Å². The van der Waals surface area contributed by atoms with E-state index in [2.05, 4.69) is 50.0 Å². The van der Waals surface area contributed by atoms with Crippen molar-refractivity contribution < 1.29 is 4.79 Å². The van der Waals surface area contributed by atoms with Crippen molar-refractivity contribution >= 4 is 39.2 Å². The highest BCUT2D eigenvalue weighted by molar-refractivity contribution is 8.00. The maximum atomic E-state index is 12.2. The number of thioether (sulfide) groups is 1. The molecule has 0 fully saturated rings. The van der Waals surface area contributed by atoms with Crippen LogP contribution in [-0.2, 0) is 11.8 Å². The highest BCUT2D eigenvalue weighted by Gasteiger charge is 2.07. The van der Waals surface area contributed by atoms with E-state index in [4.69, 9.17) is 0 Å². The third-order valence-corrected chi connectivity index (χ3v) is 6.12. The molecular formula is C19H20N2OS2. The molecule has 124 valence electrons. The molecule has 0 aliphatic rings. The molecule has 2 aromatic carbocycles. The summed E-state index contributed by atoms with van der Waals surface area (Å²) in [6, 6.07) is 12.5. The molecule has 0 saturated heterocycles. The molecule has 3 aromatic rings. The normalized spacial score (nSPS) is 12.1. The number of hydrogen-bond donors (Lipinski definition) is 0. The molecule has 0 aliphatic heterocycles. The topological polar surface area (TPSA) is 34.4 Å². The van der Waals surface area contributed by atoms with Crippen LogP contribution in [0.1, 0.15) is 16.7 Å². The van der Waals surface area contributed by atoms with Crippen molar-refractivity contribution in [3.8, 4) is 0 Å². The number of amides is 1. The van der Waals surface area contributed by atoms with Crippen molar-refractivity contribution in [1.82, 2.24) is 4.57 Å². The van der Waals surface area contributed by atoms with E-state index in [0.717, 1.165) is 15.2 Å². The molecule has 3 nitrogen and oxygen atoms in total. The van der Waals surface area contributed by atoms with E-state index in [1.54, 1.807) is 11.3 Å². The molecule has 0 radical (unpaired) electrons. The average molecular weight is 357 g/mol. The first kappa shape index (κ1) is 17.0. The highest BCUT2D eigenvalue weighted by Crippen LogP contribution is 2.21. The summed E-state index contributed by atoms with van der Waals surface area (Å²) in [6.45, 7) is 6.26. The Morgan fingerprint density at radius 3 is 2.50 bits per heavy atom. The molecule has 0 N–H and O–H groups in total. The summed E-state index contributed by atoms with van der Waals surface area (Å²) in [5, 5.41) is 0. The van der Waals surface area contributed by atoms with Gasteiger partial charge < -0.3 is 4.57 Å². The third kappa shape index (κ3) is 3.62. The average Bonchev–Trinajstić information content (AvgIpc) is 2.83. The molecule has 0 atom stereocenters. The summed E-state index contributed by atoms with van der Waals surface area (Å²) in [4.78, 5) is 18.4. The molecule has 3 rings (SSSR count). The van der Waals surface area contributed by atoms with Gasteiger partial charge in [-0.1, -0.05) is 29.0 Å². The first-order valence-electron chi connectivity index (χ1n) is 7.78. The van der Waals surface area contributed by atoms with Crippen molar-refractivity contribution in [2.24, 2.45) is 12.0 Å². The molecule has 5 heteroatoms. The second-order valence-electron chi connectivity index (χ2n) is 5.96. The number of carbonyl (C=O) groups excluding carboxylic acids is 1. The quantitative estimate of drug-likeness (QED) is 0.653. The largest absolute Gasteiger partial charge is 0.319 e. The predicted octanol–water partition coefficient (Wildman–Crippen LogP) is 4.38. The van der Waals surface area contributed by atoms with Crippen LogP contribution in [-0.4, -0.2) is 16.2 Å². The zero-order valence-electron chi connectivity index (χ0n) is 14.3. The lowest BCUT2D eigenvalue weighted by atomic mass is 10.1. The first-order valence-corrected chi connectivity index (χ1v) is 9.58. The van der Waals surface area contributed by atoms with Crippen LogP contribution >= 0.6 is 23.1 Å². The van der Waals surface area contributed by atoms with E-state index in [-0.39, 0.29) is 5.91 Å². The summed E-state index contributed by atoms with van der Waals surface area (Å²) in [7, 11) is 1.97. The Balaban J connectivity index is 1.82. The molecule has 0 bridgehead atoms. The minimum Gasteiger partial charge on any atom is -0.319 e. The van der Waals surface area contributed by atoms with Crippen molar-refractivity contribution in [3.05, 3.63) is 57.9 Å². The first-order chi connectivity index (χ1) is 11.4. The number of hydrogen-bond acceptors (Lipinski definition) is 3. The van der Waals surface area contributed by atoms with Gasteiger partial charge >= 0.3 is 0 Å². The Morgan fingerprint density at radius 1 is 1.12 bits per heavy atom. The number of benzene rings is 2. The van der Waals surface area contributed by atoms with Gasteiger partial charge in [-0.15, -0.1) is 11.8 Å². The highest BCUT2D eigenvalue weighted by atomic mass is 32.2. The van der Waals surface area contributed by atoms with Crippen LogP contribution in [0.4, 0.5) is 0 Å². The maximum absolute atomic E-state index is 12.2. The number of thiazole rings is 1. The van der Waals surface area contributed by atoms with Crippen LogP contribution in [0.15, 0.2) is 46.3 Å².